The fourth-order valence-corrected chi connectivity index (χ4v) is 4.52. The largest absolute Gasteiger partial charge is 0.444 e. The van der Waals surface area contributed by atoms with Crippen LogP contribution in [0.3, 0.4) is 0 Å². The highest BCUT2D eigenvalue weighted by Crippen LogP contribution is 2.10. The van der Waals surface area contributed by atoms with Crippen LogP contribution >= 0.6 is 24.4 Å². The second kappa shape index (κ2) is 18.2. The van der Waals surface area contributed by atoms with Gasteiger partial charge in [-0.2, -0.15) is 0 Å². The number of hydrogen-bond donors (Lipinski definition) is 6. The Kier molecular flexibility index (Phi) is 14.4. The first kappa shape index (κ1) is 38.0. The molecule has 0 atom stereocenters. The van der Waals surface area contributed by atoms with Crippen molar-refractivity contribution in [2.24, 2.45) is 0 Å². The lowest BCUT2D eigenvalue weighted by atomic mass is 10.1. The van der Waals surface area contributed by atoms with E-state index < -0.39 is 23.4 Å². The van der Waals surface area contributed by atoms with Crippen LogP contribution in [0.2, 0.25) is 0 Å². The molecule has 6 N–H and O–H groups in total. The summed E-state index contributed by atoms with van der Waals surface area (Å²) in [6.45, 7) is 14.1. The van der Waals surface area contributed by atoms with Crippen molar-refractivity contribution < 1.29 is 19.1 Å². The van der Waals surface area contributed by atoms with E-state index in [2.05, 4.69) is 38.0 Å². The van der Waals surface area contributed by atoms with Gasteiger partial charge in [0.25, 0.3) is 0 Å². The molecule has 0 radical (unpaired) electrons. The van der Waals surface area contributed by atoms with Gasteiger partial charge < -0.3 is 41.4 Å². The smallest absolute Gasteiger partial charge is 0.407 e. The lowest BCUT2D eigenvalue weighted by molar-refractivity contribution is 0.0512. The number of amides is 2. The van der Waals surface area contributed by atoms with Crippen molar-refractivity contribution in [2.45, 2.75) is 92.0 Å². The Hall–Kier alpha value is -4.42. The molecule has 0 saturated heterocycles. The van der Waals surface area contributed by atoms with E-state index in [1.807, 2.05) is 108 Å². The Morgan fingerprint density at radius 2 is 0.750 bits per heavy atom. The minimum atomic E-state index is -0.526. The van der Waals surface area contributed by atoms with E-state index in [-0.39, 0.29) is 0 Å². The van der Waals surface area contributed by atoms with Crippen molar-refractivity contribution in [3.8, 4) is 0 Å². The molecule has 0 saturated carbocycles. The highest BCUT2D eigenvalue weighted by molar-refractivity contribution is 7.80. The molecule has 0 aliphatic heterocycles. The van der Waals surface area contributed by atoms with Gasteiger partial charge in [-0.3, -0.25) is 0 Å². The predicted octanol–water partition coefficient (Wildman–Crippen LogP) is 6.06. The molecule has 0 aromatic heterocycles. The highest BCUT2D eigenvalue weighted by atomic mass is 32.1. The molecule has 0 heterocycles. The highest BCUT2D eigenvalue weighted by Gasteiger charge is 2.16. The SMILES string of the molecule is CC(C)(C)OC(=O)NCc1ccc(CNC(=S)NCc2cccc(CNC(=S)NCc3ccc(CNC(=O)OC(C)(C)C)cc3)c2)cc1. The topological polar surface area (TPSA) is 125 Å². The number of nitrogens with one attached hydrogen (secondary N) is 6. The summed E-state index contributed by atoms with van der Waals surface area (Å²) in [6, 6.07) is 24.1. The van der Waals surface area contributed by atoms with Crippen molar-refractivity contribution >= 4 is 46.8 Å². The number of ether oxygens (including phenoxy) is 2. The molecule has 12 heteroatoms. The van der Waals surface area contributed by atoms with Gasteiger partial charge in [-0.15, -0.1) is 0 Å². The standard InChI is InChI=1S/C36H48N6O4S2/c1-35(2,3)45-33(43)41-21-27-14-10-25(11-15-27)19-37-31(47)39-23-29-8-7-9-30(18-29)24-40-32(48)38-20-26-12-16-28(17-13-26)22-42-34(44)46-36(4,5)6/h7-18H,19-24H2,1-6H3,(H,41,43)(H,42,44)(H2,37,39,47)(H2,38,40,48). The van der Waals surface area contributed by atoms with Crippen molar-refractivity contribution in [3.05, 3.63) is 106 Å². The lowest BCUT2D eigenvalue weighted by Crippen LogP contribution is -2.35. The molecule has 0 spiro atoms. The minimum absolute atomic E-state index is 0.396. The van der Waals surface area contributed by atoms with Crippen molar-refractivity contribution in [2.75, 3.05) is 0 Å². The molecule has 48 heavy (non-hydrogen) atoms. The molecule has 0 fully saturated rings. The quantitative estimate of drug-likeness (QED) is 0.125. The minimum Gasteiger partial charge on any atom is -0.444 e. The maximum Gasteiger partial charge on any atom is 0.407 e. The van der Waals surface area contributed by atoms with E-state index in [1.54, 1.807) is 0 Å². The van der Waals surface area contributed by atoms with Gasteiger partial charge in [0.15, 0.2) is 10.2 Å². The van der Waals surface area contributed by atoms with E-state index in [9.17, 15) is 9.59 Å². The Bertz CT molecular complexity index is 1410. The molecule has 0 aliphatic rings. The molecule has 0 bridgehead atoms. The zero-order valence-electron chi connectivity index (χ0n) is 28.6. The molecular formula is C36H48N6O4S2. The van der Waals surface area contributed by atoms with Crippen molar-refractivity contribution in [1.82, 2.24) is 31.9 Å². The van der Waals surface area contributed by atoms with Crippen LogP contribution in [0.4, 0.5) is 9.59 Å². The summed E-state index contributed by atoms with van der Waals surface area (Å²) in [5.41, 5.74) is 5.25. The summed E-state index contributed by atoms with van der Waals surface area (Å²) in [5.74, 6) is 0. The van der Waals surface area contributed by atoms with Gasteiger partial charge in [0, 0.05) is 39.3 Å². The molecule has 3 aromatic rings. The van der Waals surface area contributed by atoms with Crippen molar-refractivity contribution in [3.63, 3.8) is 0 Å². The van der Waals surface area contributed by atoms with Gasteiger partial charge in [0.2, 0.25) is 0 Å². The van der Waals surface area contributed by atoms with Gasteiger partial charge in [-0.25, -0.2) is 9.59 Å². The number of carbonyl (C=O) groups is 2. The van der Waals surface area contributed by atoms with Crippen LogP contribution in [0.15, 0.2) is 72.8 Å². The van der Waals surface area contributed by atoms with Crippen LogP contribution in [0, 0.1) is 0 Å². The first-order chi connectivity index (χ1) is 22.6. The molecule has 3 aromatic carbocycles. The van der Waals surface area contributed by atoms with Crippen LogP contribution in [-0.2, 0) is 48.7 Å². The maximum atomic E-state index is 11.9. The Morgan fingerprint density at radius 3 is 1.04 bits per heavy atom. The summed E-state index contributed by atoms with van der Waals surface area (Å²) < 4.78 is 10.5. The van der Waals surface area contributed by atoms with Gasteiger partial charge in [0.05, 0.1) is 0 Å². The van der Waals surface area contributed by atoms with Crippen LogP contribution in [-0.4, -0.2) is 33.6 Å². The fourth-order valence-electron chi connectivity index (χ4n) is 4.23. The molecule has 3 rings (SSSR count). The zero-order chi connectivity index (χ0) is 35.2. The average Bonchev–Trinajstić information content (AvgIpc) is 3.02. The number of rotatable bonds is 12. The predicted molar refractivity (Wildman–Crippen MR) is 198 cm³/mol. The van der Waals surface area contributed by atoms with Crippen LogP contribution < -0.4 is 31.9 Å². The number of alkyl carbamates (subject to hydrolysis) is 2. The first-order valence-electron chi connectivity index (χ1n) is 15.8. The van der Waals surface area contributed by atoms with E-state index in [4.69, 9.17) is 33.9 Å². The number of benzene rings is 3. The molecule has 2 amide bonds. The second-order valence-electron chi connectivity index (χ2n) is 13.2. The third kappa shape index (κ3) is 15.9. The molecule has 0 aliphatic carbocycles. The molecule has 10 nitrogen and oxygen atoms in total. The second-order valence-corrected chi connectivity index (χ2v) is 14.1. The summed E-state index contributed by atoms with van der Waals surface area (Å²) >= 11 is 11.0. The lowest BCUT2D eigenvalue weighted by Gasteiger charge is -2.19. The van der Waals surface area contributed by atoms with E-state index in [0.29, 0.717) is 49.5 Å². The summed E-state index contributed by atoms with van der Waals surface area (Å²) in [6.07, 6.45) is -0.871. The Balaban J connectivity index is 1.32. The number of hydrogen-bond acceptors (Lipinski definition) is 6. The van der Waals surface area contributed by atoms with Gasteiger partial charge in [0.1, 0.15) is 11.2 Å². The van der Waals surface area contributed by atoms with Gasteiger partial charge in [-0.1, -0.05) is 72.8 Å². The van der Waals surface area contributed by atoms with Crippen LogP contribution in [0.5, 0.6) is 0 Å². The number of thiocarbonyl (C=S) groups is 2. The van der Waals surface area contributed by atoms with Crippen LogP contribution in [0.1, 0.15) is 74.9 Å². The van der Waals surface area contributed by atoms with Gasteiger partial charge >= 0.3 is 12.2 Å². The van der Waals surface area contributed by atoms with E-state index >= 15 is 0 Å². The molecule has 258 valence electrons. The van der Waals surface area contributed by atoms with E-state index in [0.717, 1.165) is 33.4 Å². The van der Waals surface area contributed by atoms with E-state index in [1.165, 1.54) is 0 Å². The van der Waals surface area contributed by atoms with Crippen molar-refractivity contribution in [1.29, 1.82) is 0 Å². The monoisotopic (exact) mass is 692 g/mol. The summed E-state index contributed by atoms with van der Waals surface area (Å²) in [4.78, 5) is 23.7. The summed E-state index contributed by atoms with van der Waals surface area (Å²) in [5, 5.41) is 19.7. The third-order valence-electron chi connectivity index (χ3n) is 6.52. The zero-order valence-corrected chi connectivity index (χ0v) is 30.3. The summed E-state index contributed by atoms with van der Waals surface area (Å²) in [7, 11) is 0. The average molecular weight is 693 g/mol. The first-order valence-corrected chi connectivity index (χ1v) is 16.7. The third-order valence-corrected chi connectivity index (χ3v) is 7.10. The van der Waals surface area contributed by atoms with Gasteiger partial charge in [-0.05, 0) is 99.4 Å². The normalized spacial score (nSPS) is 11.1. The molecular weight excluding hydrogens is 645 g/mol. The maximum absolute atomic E-state index is 11.9. The molecule has 0 unspecified atom stereocenters. The Labute approximate surface area is 295 Å². The fraction of sp³-hybridized carbons (Fsp3) is 0.389. The van der Waals surface area contributed by atoms with Crippen LogP contribution in [0.25, 0.3) is 0 Å². The Morgan fingerprint density at radius 1 is 0.479 bits per heavy atom. The number of carbonyl (C=O) groups excluding carboxylic acids is 2.